The van der Waals surface area contributed by atoms with Gasteiger partial charge in [0, 0.05) is 16.6 Å². The Hall–Kier alpha value is -2.61. The van der Waals surface area contributed by atoms with E-state index in [1.54, 1.807) is 42.5 Å². The van der Waals surface area contributed by atoms with Crippen molar-refractivity contribution in [2.24, 2.45) is 0 Å². The number of nitrogens with zero attached hydrogens (tertiary/aromatic N) is 1. The van der Waals surface area contributed by atoms with Gasteiger partial charge in [-0.1, -0.05) is 47.0 Å². The van der Waals surface area contributed by atoms with Crippen molar-refractivity contribution >= 4 is 44.8 Å². The fourth-order valence-electron chi connectivity index (χ4n) is 2.81. The molecule has 9 heteroatoms. The molecule has 0 unspecified atom stereocenters. The molecule has 31 heavy (non-hydrogen) atoms. The second kappa shape index (κ2) is 9.68. The molecule has 0 saturated heterocycles. The fourth-order valence-corrected chi connectivity index (χ4v) is 4.70. The summed E-state index contributed by atoms with van der Waals surface area (Å²) in [6.07, 6.45) is 0. The number of carbonyl (C=O) groups excluding carboxylic acids is 1. The highest BCUT2D eigenvalue weighted by atomic mass is 35.5. The van der Waals surface area contributed by atoms with Crippen LogP contribution in [0, 0.1) is 12.7 Å². The van der Waals surface area contributed by atoms with Crippen molar-refractivity contribution in [1.82, 2.24) is 5.32 Å². The van der Waals surface area contributed by atoms with Gasteiger partial charge in [-0.25, -0.2) is 12.8 Å². The molecule has 3 aromatic carbocycles. The SMILES string of the molecule is Cc1ccc(N(CC(=O)NCc2ccc(Cl)cc2Cl)S(=O)(=O)c2ccc(F)cc2)cc1. The molecule has 0 spiro atoms. The average molecular weight is 481 g/mol. The van der Waals surface area contributed by atoms with E-state index in [4.69, 9.17) is 23.2 Å². The zero-order valence-corrected chi connectivity index (χ0v) is 18.8. The Bertz CT molecular complexity index is 1180. The van der Waals surface area contributed by atoms with Crippen molar-refractivity contribution in [2.45, 2.75) is 18.4 Å². The second-order valence-corrected chi connectivity index (χ2v) is 9.52. The Morgan fingerprint density at radius 2 is 1.65 bits per heavy atom. The number of hydrogen-bond acceptors (Lipinski definition) is 3. The van der Waals surface area contributed by atoms with Crippen LogP contribution >= 0.6 is 23.2 Å². The molecular formula is C22H19Cl2FN2O3S. The molecule has 0 heterocycles. The molecule has 0 aliphatic rings. The number of anilines is 1. The number of amides is 1. The molecule has 0 fully saturated rings. The minimum atomic E-state index is -4.11. The summed E-state index contributed by atoms with van der Waals surface area (Å²) < 4.78 is 40.7. The molecule has 5 nitrogen and oxygen atoms in total. The van der Waals surface area contributed by atoms with Gasteiger partial charge in [-0.05, 0) is 61.0 Å². The van der Waals surface area contributed by atoms with Crippen molar-refractivity contribution in [3.05, 3.63) is 93.7 Å². The number of benzene rings is 3. The van der Waals surface area contributed by atoms with Gasteiger partial charge in [0.15, 0.2) is 0 Å². The number of hydrogen-bond donors (Lipinski definition) is 1. The summed E-state index contributed by atoms with van der Waals surface area (Å²) in [6, 6.07) is 16.0. The van der Waals surface area contributed by atoms with Gasteiger partial charge in [-0.15, -0.1) is 0 Å². The molecule has 1 N–H and O–H groups in total. The van der Waals surface area contributed by atoms with Crippen LogP contribution in [0.15, 0.2) is 71.6 Å². The largest absolute Gasteiger partial charge is 0.350 e. The van der Waals surface area contributed by atoms with Gasteiger partial charge in [-0.3, -0.25) is 9.10 Å². The van der Waals surface area contributed by atoms with Crippen molar-refractivity contribution in [3.63, 3.8) is 0 Å². The third-order valence-corrected chi connectivity index (χ3v) is 6.88. The lowest BCUT2D eigenvalue weighted by atomic mass is 10.2. The molecule has 3 aromatic rings. The van der Waals surface area contributed by atoms with Crippen molar-refractivity contribution in [1.29, 1.82) is 0 Å². The Balaban J connectivity index is 1.85. The highest BCUT2D eigenvalue weighted by Gasteiger charge is 2.27. The summed E-state index contributed by atoms with van der Waals surface area (Å²) in [4.78, 5) is 12.5. The molecule has 162 valence electrons. The van der Waals surface area contributed by atoms with E-state index < -0.39 is 28.3 Å². The van der Waals surface area contributed by atoms with Crippen LogP contribution in [-0.2, 0) is 21.4 Å². The van der Waals surface area contributed by atoms with Crippen LogP contribution in [0.3, 0.4) is 0 Å². The van der Waals surface area contributed by atoms with Crippen LogP contribution in [0.4, 0.5) is 10.1 Å². The van der Waals surface area contributed by atoms with Crippen molar-refractivity contribution < 1.29 is 17.6 Å². The van der Waals surface area contributed by atoms with Crippen LogP contribution in [-0.4, -0.2) is 20.9 Å². The molecule has 0 aliphatic carbocycles. The first-order valence-corrected chi connectivity index (χ1v) is 11.4. The van der Waals surface area contributed by atoms with Gasteiger partial charge in [0.25, 0.3) is 10.0 Å². The van der Waals surface area contributed by atoms with Crippen LogP contribution in [0.25, 0.3) is 0 Å². The Labute approximate surface area is 190 Å². The summed E-state index contributed by atoms with van der Waals surface area (Å²) >= 11 is 12.0. The standard InChI is InChI=1S/C22H19Cl2FN2O3S/c1-15-2-8-19(9-3-15)27(31(29,30)20-10-6-18(25)7-11-20)14-22(28)26-13-16-4-5-17(23)12-21(16)24/h2-12H,13-14H2,1H3,(H,26,28). The summed E-state index contributed by atoms with van der Waals surface area (Å²) in [5.74, 6) is -1.09. The maximum absolute atomic E-state index is 13.3. The van der Waals surface area contributed by atoms with E-state index in [9.17, 15) is 17.6 Å². The average Bonchev–Trinajstić information content (AvgIpc) is 2.72. The molecule has 0 aliphatic heterocycles. The van der Waals surface area contributed by atoms with E-state index in [0.717, 1.165) is 34.1 Å². The van der Waals surface area contributed by atoms with E-state index in [1.165, 1.54) is 0 Å². The maximum atomic E-state index is 13.3. The Morgan fingerprint density at radius 3 is 2.26 bits per heavy atom. The Morgan fingerprint density at radius 1 is 1.00 bits per heavy atom. The van der Waals surface area contributed by atoms with Gasteiger partial charge in [0.2, 0.25) is 5.91 Å². The zero-order valence-electron chi connectivity index (χ0n) is 16.5. The maximum Gasteiger partial charge on any atom is 0.264 e. The lowest BCUT2D eigenvalue weighted by Gasteiger charge is -2.24. The molecule has 0 radical (unpaired) electrons. The predicted molar refractivity (Wildman–Crippen MR) is 120 cm³/mol. The third-order valence-electron chi connectivity index (χ3n) is 4.50. The molecule has 0 saturated carbocycles. The molecule has 0 atom stereocenters. The van der Waals surface area contributed by atoms with Crippen molar-refractivity contribution in [3.8, 4) is 0 Å². The van der Waals surface area contributed by atoms with E-state index in [0.29, 0.717) is 21.3 Å². The minimum absolute atomic E-state index is 0.104. The zero-order chi connectivity index (χ0) is 22.6. The molecule has 0 aromatic heterocycles. The van der Waals surface area contributed by atoms with Gasteiger partial charge in [-0.2, -0.15) is 0 Å². The van der Waals surface area contributed by atoms with Crippen LogP contribution in [0.1, 0.15) is 11.1 Å². The summed E-state index contributed by atoms with van der Waals surface area (Å²) in [5, 5.41) is 3.53. The Kier molecular flexibility index (Phi) is 7.20. The van der Waals surface area contributed by atoms with Gasteiger partial charge < -0.3 is 5.32 Å². The first-order valence-electron chi connectivity index (χ1n) is 9.22. The molecule has 1 amide bonds. The topological polar surface area (TPSA) is 66.5 Å². The lowest BCUT2D eigenvalue weighted by molar-refractivity contribution is -0.119. The van der Waals surface area contributed by atoms with Gasteiger partial charge in [0.1, 0.15) is 12.4 Å². The first-order chi connectivity index (χ1) is 14.7. The summed E-state index contributed by atoms with van der Waals surface area (Å²) in [5.41, 5.74) is 1.89. The van der Waals surface area contributed by atoms with Crippen LogP contribution < -0.4 is 9.62 Å². The molecular weight excluding hydrogens is 462 g/mol. The predicted octanol–water partition coefficient (Wildman–Crippen LogP) is 4.95. The highest BCUT2D eigenvalue weighted by Crippen LogP contribution is 2.25. The second-order valence-electron chi connectivity index (χ2n) is 6.81. The smallest absolute Gasteiger partial charge is 0.264 e. The third kappa shape index (κ3) is 5.76. The number of halogens is 3. The van der Waals surface area contributed by atoms with Crippen LogP contribution in [0.5, 0.6) is 0 Å². The van der Waals surface area contributed by atoms with E-state index in [1.807, 2.05) is 6.92 Å². The van der Waals surface area contributed by atoms with E-state index in [2.05, 4.69) is 5.32 Å². The number of carbonyl (C=O) groups is 1. The summed E-state index contributed by atoms with van der Waals surface area (Å²) in [6.45, 7) is 1.51. The monoisotopic (exact) mass is 480 g/mol. The summed E-state index contributed by atoms with van der Waals surface area (Å²) in [7, 11) is -4.11. The van der Waals surface area contributed by atoms with Gasteiger partial charge in [0.05, 0.1) is 10.6 Å². The normalized spacial score (nSPS) is 11.2. The molecule has 0 bridgehead atoms. The van der Waals surface area contributed by atoms with E-state index in [-0.39, 0.29) is 11.4 Å². The number of sulfonamides is 1. The number of rotatable bonds is 7. The fraction of sp³-hybridized carbons (Fsp3) is 0.136. The van der Waals surface area contributed by atoms with Crippen molar-refractivity contribution in [2.75, 3.05) is 10.8 Å². The van der Waals surface area contributed by atoms with E-state index >= 15 is 0 Å². The lowest BCUT2D eigenvalue weighted by Crippen LogP contribution is -2.40. The number of nitrogens with one attached hydrogen (secondary N) is 1. The molecule has 3 rings (SSSR count). The number of aryl methyl sites for hydroxylation is 1. The minimum Gasteiger partial charge on any atom is -0.350 e. The highest BCUT2D eigenvalue weighted by molar-refractivity contribution is 7.92. The van der Waals surface area contributed by atoms with Gasteiger partial charge >= 0.3 is 0 Å². The van der Waals surface area contributed by atoms with Crippen LogP contribution in [0.2, 0.25) is 10.0 Å². The first kappa shape index (κ1) is 23.1. The quantitative estimate of drug-likeness (QED) is 0.519.